The number of sulfonamides is 1. The number of amides is 1. The molecule has 6 heteroatoms. The minimum absolute atomic E-state index is 0.0403. The minimum Gasteiger partial charge on any atom is -0.351 e. The predicted molar refractivity (Wildman–Crippen MR) is 87.2 cm³/mol. The molecule has 22 heavy (non-hydrogen) atoms. The highest BCUT2D eigenvalue weighted by Gasteiger charge is 2.34. The van der Waals surface area contributed by atoms with Crippen LogP contribution in [0.1, 0.15) is 43.5 Å². The number of nitrogens with zero attached hydrogens (tertiary/aromatic N) is 1. The first-order valence-electron chi connectivity index (χ1n) is 7.76. The first-order valence-corrected chi connectivity index (χ1v) is 9.37. The molecule has 2 rings (SSSR count). The van der Waals surface area contributed by atoms with Gasteiger partial charge in [-0.05, 0) is 38.8 Å². The molecule has 0 bridgehead atoms. The van der Waals surface area contributed by atoms with Crippen molar-refractivity contribution in [1.29, 1.82) is 0 Å². The van der Waals surface area contributed by atoms with Gasteiger partial charge in [0.2, 0.25) is 10.0 Å². The van der Waals surface area contributed by atoms with Crippen molar-refractivity contribution in [2.75, 3.05) is 12.3 Å². The molecule has 0 saturated carbocycles. The molecule has 1 aromatic rings. The number of carbonyl (C=O) groups is 1. The van der Waals surface area contributed by atoms with Gasteiger partial charge in [-0.1, -0.05) is 24.6 Å². The Balaban J connectivity index is 1.91. The lowest BCUT2D eigenvalue weighted by molar-refractivity contribution is 0.0956. The lowest BCUT2D eigenvalue weighted by Gasteiger charge is -2.37. The van der Waals surface area contributed by atoms with Crippen LogP contribution in [-0.2, 0) is 10.0 Å². The van der Waals surface area contributed by atoms with E-state index in [-0.39, 0.29) is 30.3 Å². The maximum absolute atomic E-state index is 12.5. The number of hydrogen-bond donors (Lipinski definition) is 1. The maximum Gasteiger partial charge on any atom is 0.251 e. The molecular weight excluding hydrogens is 300 g/mol. The molecule has 0 unspecified atom stereocenters. The van der Waals surface area contributed by atoms with Crippen molar-refractivity contribution in [3.05, 3.63) is 35.9 Å². The van der Waals surface area contributed by atoms with E-state index in [1.807, 2.05) is 19.9 Å². The molecular formula is C16H24N2O3S. The number of nitrogens with one attached hydrogen (secondary N) is 1. The van der Waals surface area contributed by atoms with Gasteiger partial charge in [0.1, 0.15) is 0 Å². The van der Waals surface area contributed by atoms with Gasteiger partial charge < -0.3 is 5.32 Å². The van der Waals surface area contributed by atoms with Crippen LogP contribution in [0.4, 0.5) is 0 Å². The minimum atomic E-state index is -3.34. The Morgan fingerprint density at radius 3 is 2.36 bits per heavy atom. The summed E-state index contributed by atoms with van der Waals surface area (Å²) in [5, 5.41) is 2.68. The molecule has 0 aliphatic carbocycles. The smallest absolute Gasteiger partial charge is 0.251 e. The fourth-order valence-electron chi connectivity index (χ4n) is 3.04. The zero-order chi connectivity index (χ0) is 16.2. The average molecular weight is 324 g/mol. The first kappa shape index (κ1) is 17.0. The van der Waals surface area contributed by atoms with Crippen LogP contribution in [0.15, 0.2) is 30.3 Å². The highest BCUT2D eigenvalue weighted by molar-refractivity contribution is 7.89. The third-order valence-electron chi connectivity index (χ3n) is 4.12. The van der Waals surface area contributed by atoms with Crippen molar-refractivity contribution in [3.8, 4) is 0 Å². The molecule has 0 radical (unpaired) electrons. The van der Waals surface area contributed by atoms with Crippen LogP contribution in [-0.4, -0.2) is 43.0 Å². The summed E-state index contributed by atoms with van der Waals surface area (Å²) < 4.78 is 26.6. The topological polar surface area (TPSA) is 66.5 Å². The van der Waals surface area contributed by atoms with Crippen molar-refractivity contribution in [1.82, 2.24) is 9.62 Å². The van der Waals surface area contributed by atoms with Gasteiger partial charge in [0.25, 0.3) is 5.91 Å². The Bertz CT molecular complexity index is 591. The summed E-state index contributed by atoms with van der Waals surface area (Å²) in [6.45, 7) is 4.04. The zero-order valence-corrected chi connectivity index (χ0v) is 14.0. The summed E-state index contributed by atoms with van der Waals surface area (Å²) in [5.41, 5.74) is 0.541. The predicted octanol–water partition coefficient (Wildman–Crippen LogP) is 2.01. The lowest BCUT2D eigenvalue weighted by Crippen LogP contribution is -2.49. The summed E-state index contributed by atoms with van der Waals surface area (Å²) in [7, 11) is -3.34. The normalized spacial score (nSPS) is 23.2. The molecule has 1 saturated heterocycles. The van der Waals surface area contributed by atoms with Crippen molar-refractivity contribution in [2.45, 2.75) is 45.2 Å². The van der Waals surface area contributed by atoms with Gasteiger partial charge in [-0.2, -0.15) is 4.31 Å². The number of benzene rings is 1. The van der Waals surface area contributed by atoms with E-state index >= 15 is 0 Å². The number of carbonyl (C=O) groups excluding carboxylic acids is 1. The van der Waals surface area contributed by atoms with Gasteiger partial charge in [-0.3, -0.25) is 4.79 Å². The van der Waals surface area contributed by atoms with E-state index < -0.39 is 10.0 Å². The fourth-order valence-corrected chi connectivity index (χ4v) is 4.91. The molecule has 5 nitrogen and oxygen atoms in total. The van der Waals surface area contributed by atoms with Crippen LogP contribution < -0.4 is 5.32 Å². The summed E-state index contributed by atoms with van der Waals surface area (Å²) in [5.74, 6) is -0.296. The Morgan fingerprint density at radius 1 is 1.18 bits per heavy atom. The third-order valence-corrected chi connectivity index (χ3v) is 6.20. The zero-order valence-electron chi connectivity index (χ0n) is 13.2. The van der Waals surface area contributed by atoms with E-state index in [0.29, 0.717) is 5.56 Å². The van der Waals surface area contributed by atoms with E-state index in [4.69, 9.17) is 0 Å². The number of hydrogen-bond acceptors (Lipinski definition) is 3. The van der Waals surface area contributed by atoms with Crippen molar-refractivity contribution >= 4 is 15.9 Å². The molecule has 0 spiro atoms. The second-order valence-electron chi connectivity index (χ2n) is 5.90. The SMILES string of the molecule is C[C@@H]1CCC[C@@H](C)N1S(=O)(=O)CCNC(=O)c1ccccc1. The molecule has 1 heterocycles. The standard InChI is InChI=1S/C16H24N2O3S/c1-13-7-6-8-14(2)18(13)22(20,21)12-11-17-16(19)15-9-4-3-5-10-15/h3-5,9-10,13-14H,6-8,11-12H2,1-2H3,(H,17,19)/t13-,14-/m1/s1. The highest BCUT2D eigenvalue weighted by Crippen LogP contribution is 2.25. The van der Waals surface area contributed by atoms with E-state index in [1.165, 1.54) is 0 Å². The Labute approximate surface area is 132 Å². The second-order valence-corrected chi connectivity index (χ2v) is 7.89. The molecule has 0 aromatic heterocycles. The molecule has 2 atom stereocenters. The van der Waals surface area contributed by atoms with Crippen LogP contribution in [0.2, 0.25) is 0 Å². The molecule has 1 aliphatic heterocycles. The van der Waals surface area contributed by atoms with E-state index in [0.717, 1.165) is 19.3 Å². The van der Waals surface area contributed by atoms with Crippen molar-refractivity contribution < 1.29 is 13.2 Å². The summed E-state index contributed by atoms with van der Waals surface area (Å²) >= 11 is 0. The lowest BCUT2D eigenvalue weighted by atomic mass is 10.0. The van der Waals surface area contributed by atoms with Crippen LogP contribution in [0, 0.1) is 0 Å². The second kappa shape index (κ2) is 7.24. The quantitative estimate of drug-likeness (QED) is 0.901. The third kappa shape index (κ3) is 4.08. The molecule has 1 aliphatic rings. The van der Waals surface area contributed by atoms with Gasteiger partial charge in [-0.25, -0.2) is 8.42 Å². The van der Waals surface area contributed by atoms with Crippen LogP contribution in [0.5, 0.6) is 0 Å². The maximum atomic E-state index is 12.5. The average Bonchev–Trinajstić information content (AvgIpc) is 2.47. The van der Waals surface area contributed by atoms with Crippen molar-refractivity contribution in [2.24, 2.45) is 0 Å². The molecule has 1 fully saturated rings. The molecule has 1 N–H and O–H groups in total. The van der Waals surface area contributed by atoms with E-state index in [9.17, 15) is 13.2 Å². The Morgan fingerprint density at radius 2 is 1.77 bits per heavy atom. The number of piperidine rings is 1. The fraction of sp³-hybridized carbons (Fsp3) is 0.562. The van der Waals surface area contributed by atoms with Crippen LogP contribution in [0.3, 0.4) is 0 Å². The van der Waals surface area contributed by atoms with E-state index in [1.54, 1.807) is 28.6 Å². The van der Waals surface area contributed by atoms with Crippen LogP contribution in [0.25, 0.3) is 0 Å². The molecule has 122 valence electrons. The van der Waals surface area contributed by atoms with Gasteiger partial charge >= 0.3 is 0 Å². The largest absolute Gasteiger partial charge is 0.351 e. The molecule has 1 amide bonds. The highest BCUT2D eigenvalue weighted by atomic mass is 32.2. The van der Waals surface area contributed by atoms with Gasteiger partial charge in [-0.15, -0.1) is 0 Å². The van der Waals surface area contributed by atoms with Crippen LogP contribution >= 0.6 is 0 Å². The first-order chi connectivity index (χ1) is 10.4. The Hall–Kier alpha value is -1.40. The van der Waals surface area contributed by atoms with E-state index in [2.05, 4.69) is 5.32 Å². The van der Waals surface area contributed by atoms with Gasteiger partial charge in [0.15, 0.2) is 0 Å². The summed E-state index contributed by atoms with van der Waals surface area (Å²) in [6.07, 6.45) is 2.87. The number of rotatable bonds is 5. The summed E-state index contributed by atoms with van der Waals surface area (Å²) in [6, 6.07) is 8.89. The monoisotopic (exact) mass is 324 g/mol. The summed E-state index contributed by atoms with van der Waals surface area (Å²) in [4.78, 5) is 11.9. The van der Waals surface area contributed by atoms with Crippen molar-refractivity contribution in [3.63, 3.8) is 0 Å². The Kier molecular flexibility index (Phi) is 5.58. The van der Waals surface area contributed by atoms with Gasteiger partial charge in [0, 0.05) is 24.2 Å². The molecule has 1 aromatic carbocycles. The van der Waals surface area contributed by atoms with Gasteiger partial charge in [0.05, 0.1) is 5.75 Å².